The fourth-order valence-electron chi connectivity index (χ4n) is 4.22. The number of nitrogens with zero attached hydrogens (tertiary/aromatic N) is 3. The number of hydrogen-bond donors (Lipinski definition) is 0. The van der Waals surface area contributed by atoms with Crippen LogP contribution in [0.2, 0.25) is 0 Å². The van der Waals surface area contributed by atoms with Crippen LogP contribution in [0.3, 0.4) is 0 Å². The summed E-state index contributed by atoms with van der Waals surface area (Å²) >= 11 is 0. The number of nitro benzene ring substituents is 1. The van der Waals surface area contributed by atoms with Crippen LogP contribution in [0.4, 0.5) is 5.69 Å². The van der Waals surface area contributed by atoms with Gasteiger partial charge in [0, 0.05) is 31.3 Å². The van der Waals surface area contributed by atoms with Crippen LogP contribution in [0.5, 0.6) is 0 Å². The molecule has 27 heavy (non-hydrogen) atoms. The lowest BCUT2D eigenvalue weighted by molar-refractivity contribution is -0.385. The number of nitro groups is 1. The zero-order chi connectivity index (χ0) is 19.6. The Kier molecular flexibility index (Phi) is 6.18. The van der Waals surface area contributed by atoms with Gasteiger partial charge in [-0.25, -0.2) is 8.42 Å². The van der Waals surface area contributed by atoms with E-state index in [1.54, 1.807) is 13.8 Å². The van der Waals surface area contributed by atoms with E-state index in [-0.39, 0.29) is 16.6 Å². The first-order valence-corrected chi connectivity index (χ1v) is 11.2. The molecular weight excluding hydrogens is 366 g/mol. The molecule has 1 atom stereocenters. The number of sulfonamides is 1. The molecule has 3 rings (SSSR count). The average molecular weight is 396 g/mol. The minimum atomic E-state index is -3.75. The molecule has 0 aliphatic carbocycles. The summed E-state index contributed by atoms with van der Waals surface area (Å²) in [5.41, 5.74) is 1.05. The second kappa shape index (κ2) is 8.24. The van der Waals surface area contributed by atoms with Crippen molar-refractivity contribution in [3.8, 4) is 0 Å². The molecule has 7 nitrogen and oxygen atoms in total. The van der Waals surface area contributed by atoms with Gasteiger partial charge in [-0.3, -0.25) is 15.0 Å². The van der Waals surface area contributed by atoms with Gasteiger partial charge in [-0.1, -0.05) is 12.8 Å². The Balaban J connectivity index is 1.87. The normalized spacial score (nSPS) is 23.1. The van der Waals surface area contributed by atoms with Crippen molar-refractivity contribution in [2.45, 2.75) is 63.3 Å². The van der Waals surface area contributed by atoms with E-state index in [0.29, 0.717) is 24.2 Å². The smallest absolute Gasteiger partial charge is 0.271 e. The highest BCUT2D eigenvalue weighted by Gasteiger charge is 2.34. The summed E-state index contributed by atoms with van der Waals surface area (Å²) in [5, 5.41) is 11.2. The minimum absolute atomic E-state index is 0.0747. The largest absolute Gasteiger partial charge is 0.299 e. The van der Waals surface area contributed by atoms with Gasteiger partial charge in [0.1, 0.15) is 0 Å². The summed E-state index contributed by atoms with van der Waals surface area (Å²) in [4.78, 5) is 13.2. The van der Waals surface area contributed by atoms with Crippen LogP contribution in [-0.2, 0) is 10.0 Å². The van der Waals surface area contributed by atoms with Crippen molar-refractivity contribution in [2.75, 3.05) is 26.2 Å². The van der Waals surface area contributed by atoms with E-state index in [1.165, 1.54) is 42.1 Å². The number of benzene rings is 1. The molecule has 0 bridgehead atoms. The summed E-state index contributed by atoms with van der Waals surface area (Å²) in [7, 11) is -3.75. The Morgan fingerprint density at radius 3 is 2.33 bits per heavy atom. The predicted molar refractivity (Wildman–Crippen MR) is 104 cm³/mol. The third-order valence-corrected chi connectivity index (χ3v) is 7.94. The summed E-state index contributed by atoms with van der Waals surface area (Å²) in [5.74, 6) is 0. The van der Waals surface area contributed by atoms with Crippen LogP contribution in [0.1, 0.15) is 49.7 Å². The molecule has 0 aromatic heterocycles. The number of rotatable bonds is 4. The second-order valence-corrected chi connectivity index (χ2v) is 9.66. The maximum Gasteiger partial charge on any atom is 0.271 e. The van der Waals surface area contributed by atoms with Gasteiger partial charge in [-0.15, -0.1) is 0 Å². The third kappa shape index (κ3) is 4.33. The summed E-state index contributed by atoms with van der Waals surface area (Å²) in [6.07, 6.45) is 6.68. The van der Waals surface area contributed by atoms with Crippen molar-refractivity contribution in [3.63, 3.8) is 0 Å². The topological polar surface area (TPSA) is 83.8 Å². The molecule has 1 aromatic rings. The first-order chi connectivity index (χ1) is 12.8. The highest BCUT2D eigenvalue weighted by atomic mass is 32.2. The molecule has 0 amide bonds. The molecule has 2 saturated heterocycles. The molecule has 2 heterocycles. The lowest BCUT2D eigenvalue weighted by atomic mass is 10.1. The Morgan fingerprint density at radius 1 is 1.04 bits per heavy atom. The first kappa shape index (κ1) is 20.2. The van der Waals surface area contributed by atoms with E-state index < -0.39 is 14.9 Å². The molecule has 2 fully saturated rings. The van der Waals surface area contributed by atoms with Crippen LogP contribution in [-0.4, -0.2) is 54.8 Å². The lowest BCUT2D eigenvalue weighted by Gasteiger charge is -2.38. The molecule has 2 aliphatic heterocycles. The van der Waals surface area contributed by atoms with E-state index in [4.69, 9.17) is 0 Å². The molecule has 2 aliphatic rings. The fourth-order valence-corrected chi connectivity index (χ4v) is 6.05. The van der Waals surface area contributed by atoms with Crippen LogP contribution >= 0.6 is 0 Å². The lowest BCUT2D eigenvalue weighted by Crippen LogP contribution is -2.50. The summed E-state index contributed by atoms with van der Waals surface area (Å²) in [6, 6.07) is 2.89. The average Bonchev–Trinajstić information content (AvgIpc) is 2.93. The maximum atomic E-state index is 13.3. The molecule has 1 aromatic carbocycles. The molecule has 1 unspecified atom stereocenters. The predicted octanol–water partition coefficient (Wildman–Crippen LogP) is 3.24. The quantitative estimate of drug-likeness (QED) is 0.577. The van der Waals surface area contributed by atoms with Gasteiger partial charge < -0.3 is 0 Å². The van der Waals surface area contributed by atoms with Gasteiger partial charge in [0.2, 0.25) is 10.0 Å². The van der Waals surface area contributed by atoms with Crippen molar-refractivity contribution >= 4 is 15.7 Å². The molecule has 150 valence electrons. The molecular formula is C19H29N3O4S. The number of likely N-dealkylation sites (tertiary alicyclic amines) is 1. The van der Waals surface area contributed by atoms with Crippen LogP contribution in [0.15, 0.2) is 17.0 Å². The van der Waals surface area contributed by atoms with Gasteiger partial charge in [0.05, 0.1) is 9.82 Å². The maximum absolute atomic E-state index is 13.3. The number of hydrogen-bond acceptors (Lipinski definition) is 5. The Labute approximate surface area is 161 Å². The Hall–Kier alpha value is -1.51. The number of non-ortho nitro benzene ring substituents is 1. The van der Waals surface area contributed by atoms with Crippen LogP contribution in [0, 0.1) is 24.0 Å². The molecule has 0 radical (unpaired) electrons. The van der Waals surface area contributed by atoms with E-state index in [0.717, 1.165) is 25.9 Å². The van der Waals surface area contributed by atoms with Crippen LogP contribution < -0.4 is 0 Å². The van der Waals surface area contributed by atoms with Gasteiger partial charge in [0.15, 0.2) is 0 Å². The van der Waals surface area contributed by atoms with Crippen molar-refractivity contribution in [1.29, 1.82) is 0 Å². The molecule has 0 saturated carbocycles. The second-order valence-electron chi connectivity index (χ2n) is 7.75. The Morgan fingerprint density at radius 2 is 1.70 bits per heavy atom. The first-order valence-electron chi connectivity index (χ1n) is 9.80. The monoisotopic (exact) mass is 395 g/mol. The standard InChI is InChI=1S/C19H29N3O4S/c1-15-12-18(22(23)24)13-19(16(15)2)27(25,26)21-11-7-8-17(14-21)20-9-5-3-4-6-10-20/h12-13,17H,3-11,14H2,1-2H3. The highest BCUT2D eigenvalue weighted by Crippen LogP contribution is 2.30. The van der Waals surface area contributed by atoms with Gasteiger partial charge in [-0.2, -0.15) is 4.31 Å². The van der Waals surface area contributed by atoms with E-state index in [9.17, 15) is 18.5 Å². The van der Waals surface area contributed by atoms with Crippen molar-refractivity contribution in [3.05, 3.63) is 33.4 Å². The Bertz CT molecular complexity index is 801. The van der Waals surface area contributed by atoms with Crippen molar-refractivity contribution in [2.24, 2.45) is 0 Å². The van der Waals surface area contributed by atoms with Crippen molar-refractivity contribution < 1.29 is 13.3 Å². The van der Waals surface area contributed by atoms with Crippen molar-refractivity contribution in [1.82, 2.24) is 9.21 Å². The highest BCUT2D eigenvalue weighted by molar-refractivity contribution is 7.89. The zero-order valence-electron chi connectivity index (χ0n) is 16.2. The molecule has 8 heteroatoms. The van der Waals surface area contributed by atoms with E-state index in [1.807, 2.05) is 0 Å². The van der Waals surface area contributed by atoms with Gasteiger partial charge in [-0.05, 0) is 63.7 Å². The summed E-state index contributed by atoms with van der Waals surface area (Å²) < 4.78 is 28.2. The van der Waals surface area contributed by atoms with E-state index in [2.05, 4.69) is 4.90 Å². The zero-order valence-corrected chi connectivity index (χ0v) is 17.0. The molecule has 0 N–H and O–H groups in total. The number of piperidine rings is 1. The SMILES string of the molecule is Cc1cc([N+](=O)[O-])cc(S(=O)(=O)N2CCCC(N3CCCCCC3)C2)c1C. The van der Waals surface area contributed by atoms with Gasteiger partial charge >= 0.3 is 0 Å². The molecule has 0 spiro atoms. The van der Waals surface area contributed by atoms with Crippen LogP contribution in [0.25, 0.3) is 0 Å². The minimum Gasteiger partial charge on any atom is -0.299 e. The third-order valence-electron chi connectivity index (χ3n) is 5.95. The summed E-state index contributed by atoms with van der Waals surface area (Å²) in [6.45, 7) is 6.47. The number of aryl methyl sites for hydroxylation is 1. The van der Waals surface area contributed by atoms with Gasteiger partial charge in [0.25, 0.3) is 5.69 Å². The van der Waals surface area contributed by atoms with E-state index >= 15 is 0 Å². The fraction of sp³-hybridized carbons (Fsp3) is 0.684.